The van der Waals surface area contributed by atoms with Gasteiger partial charge in [0.15, 0.2) is 11.5 Å². The zero-order valence-electron chi connectivity index (χ0n) is 22.9. The van der Waals surface area contributed by atoms with Crippen LogP contribution in [0, 0.1) is 0 Å². The zero-order chi connectivity index (χ0) is 24.9. The van der Waals surface area contributed by atoms with Gasteiger partial charge in [-0.3, -0.25) is 0 Å². The fourth-order valence-electron chi connectivity index (χ4n) is 2.28. The molecule has 24 heavy (non-hydrogen) atoms. The van der Waals surface area contributed by atoms with E-state index in [0.29, 0.717) is 12.4 Å². The molecule has 1 aromatic carbocycles. The van der Waals surface area contributed by atoms with Crippen molar-refractivity contribution < 1.29 is 36.0 Å². The lowest BCUT2D eigenvalue weighted by Crippen LogP contribution is -2.10. The molecule has 0 aromatic heterocycles. The lowest BCUT2D eigenvalue weighted by molar-refractivity contribution is 0.0101. The zero-order valence-corrected chi connectivity index (χ0v) is 13.9. The van der Waals surface area contributed by atoms with Crippen LogP contribution >= 0.6 is 0 Å². The molecule has 0 spiro atoms. The average molecular weight is 347 g/mol. The number of aryl methyl sites for hydroxylation is 1. The number of hydrogen-bond donors (Lipinski definition) is 0. The van der Waals surface area contributed by atoms with Crippen molar-refractivity contribution in [3.63, 3.8) is 0 Å². The Balaban J connectivity index is 1.73. The van der Waals surface area contributed by atoms with Gasteiger partial charge >= 0.3 is 0 Å². The first kappa shape index (κ1) is 10.00. The molecule has 0 amide bonds. The van der Waals surface area contributed by atoms with Crippen LogP contribution in [-0.4, -0.2) is 39.8 Å². The quantitative estimate of drug-likeness (QED) is 0.509. The van der Waals surface area contributed by atoms with Crippen LogP contribution < -0.4 is 9.47 Å². The van der Waals surface area contributed by atoms with E-state index in [0.717, 1.165) is 29.7 Å². The van der Waals surface area contributed by atoms with Crippen molar-refractivity contribution in [1.29, 1.82) is 0 Å². The second-order valence-corrected chi connectivity index (χ2v) is 5.09. The second-order valence-electron chi connectivity index (χ2n) is 5.09. The standard InChI is InChI=1S/C19H30O5/c1-3-5-7-20-8-9-21-10-11-22-14-17-13-19-18(23-15-24-19)12-16(17)6-4-2/h12-13H,3-11,14-15H2,1-2H3/i1D3,3D2,5D2,7D2. The fourth-order valence-corrected chi connectivity index (χ4v) is 2.28. The van der Waals surface area contributed by atoms with Gasteiger partial charge in [0.25, 0.3) is 0 Å². The molecule has 0 unspecified atom stereocenters. The van der Waals surface area contributed by atoms with Crippen molar-refractivity contribution in [2.45, 2.75) is 46.0 Å². The maximum atomic E-state index is 7.69. The highest BCUT2D eigenvalue weighted by molar-refractivity contribution is 5.48. The van der Waals surface area contributed by atoms with E-state index >= 15 is 0 Å². The van der Waals surface area contributed by atoms with Crippen molar-refractivity contribution in [3.05, 3.63) is 23.3 Å². The molecule has 0 atom stereocenters. The number of benzene rings is 1. The van der Waals surface area contributed by atoms with E-state index < -0.39 is 32.8 Å². The van der Waals surface area contributed by atoms with E-state index in [-0.39, 0.29) is 26.6 Å². The maximum Gasteiger partial charge on any atom is 0.231 e. The Morgan fingerprint density at radius 3 is 2.50 bits per heavy atom. The molecule has 5 heteroatoms. The predicted molar refractivity (Wildman–Crippen MR) is 92.8 cm³/mol. The van der Waals surface area contributed by atoms with Crippen LogP contribution in [0.4, 0.5) is 0 Å². The van der Waals surface area contributed by atoms with E-state index in [9.17, 15) is 0 Å². The molecule has 0 fully saturated rings. The van der Waals surface area contributed by atoms with E-state index in [1.165, 1.54) is 0 Å². The minimum atomic E-state index is -3.45. The molecule has 0 bridgehead atoms. The topological polar surface area (TPSA) is 46.2 Å². The summed E-state index contributed by atoms with van der Waals surface area (Å²) in [6.07, 6.45) is -5.04. The lowest BCUT2D eigenvalue weighted by atomic mass is 10.0. The van der Waals surface area contributed by atoms with Crippen molar-refractivity contribution in [3.8, 4) is 11.5 Å². The van der Waals surface area contributed by atoms with Crippen molar-refractivity contribution in [2.75, 3.05) is 39.8 Å². The van der Waals surface area contributed by atoms with Gasteiger partial charge in [0.05, 0.1) is 35.8 Å². The summed E-state index contributed by atoms with van der Waals surface area (Å²) in [5, 5.41) is 0. The van der Waals surface area contributed by atoms with Crippen LogP contribution in [0.2, 0.25) is 0 Å². The molecule has 1 aromatic rings. The van der Waals surface area contributed by atoms with Gasteiger partial charge in [0.1, 0.15) is 0 Å². The summed E-state index contributed by atoms with van der Waals surface area (Å²) in [7, 11) is 0. The average Bonchev–Trinajstić information content (AvgIpc) is 3.16. The summed E-state index contributed by atoms with van der Waals surface area (Å²) in [5.41, 5.74) is 2.10. The van der Waals surface area contributed by atoms with Gasteiger partial charge in [-0.1, -0.05) is 26.6 Å². The summed E-state index contributed by atoms with van der Waals surface area (Å²) < 4.78 is 93.9. The van der Waals surface area contributed by atoms with Gasteiger partial charge in [-0.05, 0) is 36.1 Å². The molecule has 2 rings (SSSR count). The smallest absolute Gasteiger partial charge is 0.231 e. The highest BCUT2D eigenvalue weighted by Gasteiger charge is 2.16. The van der Waals surface area contributed by atoms with Crippen molar-refractivity contribution in [1.82, 2.24) is 0 Å². The molecule has 136 valence electrons. The summed E-state index contributed by atoms with van der Waals surface area (Å²) >= 11 is 0. The predicted octanol–water partition coefficient (Wildman–Crippen LogP) is 3.72. The summed E-state index contributed by atoms with van der Waals surface area (Å²) in [5.74, 6) is 1.40. The van der Waals surface area contributed by atoms with E-state index in [1.807, 2.05) is 12.1 Å². The molecule has 0 saturated carbocycles. The van der Waals surface area contributed by atoms with Crippen LogP contribution in [0.3, 0.4) is 0 Å². The molecule has 0 radical (unpaired) electrons. The Morgan fingerprint density at radius 2 is 1.75 bits per heavy atom. The minimum Gasteiger partial charge on any atom is -0.454 e. The number of fused-ring (bicyclic) bond motifs is 1. The molecule has 5 nitrogen and oxygen atoms in total. The highest BCUT2D eigenvalue weighted by atomic mass is 16.7. The maximum absolute atomic E-state index is 7.69. The van der Waals surface area contributed by atoms with Gasteiger partial charge in [-0.25, -0.2) is 0 Å². The highest BCUT2D eigenvalue weighted by Crippen LogP contribution is 2.35. The number of rotatable bonds is 13. The van der Waals surface area contributed by atoms with Crippen LogP contribution in [0.15, 0.2) is 12.1 Å². The van der Waals surface area contributed by atoms with E-state index in [4.69, 9.17) is 36.0 Å². The first-order valence-electron chi connectivity index (χ1n) is 12.5. The molecule has 0 aliphatic carbocycles. The third kappa shape index (κ3) is 6.30. The Morgan fingerprint density at radius 1 is 1.04 bits per heavy atom. The van der Waals surface area contributed by atoms with E-state index in [2.05, 4.69) is 6.92 Å². The summed E-state index contributed by atoms with van der Waals surface area (Å²) in [6, 6.07) is 3.86. The molecule has 1 aliphatic rings. The van der Waals surface area contributed by atoms with Crippen molar-refractivity contribution in [2.24, 2.45) is 0 Å². The molecule has 1 aliphatic heterocycles. The summed E-state index contributed by atoms with van der Waals surface area (Å²) in [4.78, 5) is 0. The molecular weight excluding hydrogens is 308 g/mol. The minimum absolute atomic E-state index is 0.110. The van der Waals surface area contributed by atoms with Crippen LogP contribution in [0.5, 0.6) is 11.5 Å². The largest absolute Gasteiger partial charge is 0.454 e. The van der Waals surface area contributed by atoms with Gasteiger partial charge in [-0.2, -0.15) is 0 Å². The number of ether oxygens (including phenoxy) is 5. The molecule has 1 heterocycles. The monoisotopic (exact) mass is 347 g/mol. The molecule has 0 N–H and O–H groups in total. The first-order chi connectivity index (χ1) is 15.2. The SMILES string of the molecule is [2H]C([2H])([2H])C([2H])([2H])C([2H])([2H])C([2H])([2H])OCCOCCOCc1cc2c(cc1CCC)OCO2. The lowest BCUT2D eigenvalue weighted by Gasteiger charge is -2.11. The fraction of sp³-hybridized carbons (Fsp3) is 0.684. The third-order valence-corrected chi connectivity index (χ3v) is 3.36. The normalized spacial score (nSPS) is 20.6. The second kappa shape index (κ2) is 11.3. The van der Waals surface area contributed by atoms with Crippen LogP contribution in [0.25, 0.3) is 0 Å². The Kier molecular flexibility index (Phi) is 4.70. The number of hydrogen-bond acceptors (Lipinski definition) is 5. The Hall–Kier alpha value is -1.30. The van der Waals surface area contributed by atoms with E-state index in [1.54, 1.807) is 0 Å². The van der Waals surface area contributed by atoms with Crippen molar-refractivity contribution >= 4 is 0 Å². The van der Waals surface area contributed by atoms with Gasteiger partial charge in [0.2, 0.25) is 6.79 Å². The van der Waals surface area contributed by atoms with Gasteiger partial charge in [-0.15, -0.1) is 0 Å². The van der Waals surface area contributed by atoms with Gasteiger partial charge < -0.3 is 23.7 Å². The summed E-state index contributed by atoms with van der Waals surface area (Å²) in [6.45, 7) is -4.02. The van der Waals surface area contributed by atoms with Crippen LogP contribution in [0.1, 0.15) is 56.4 Å². The van der Waals surface area contributed by atoms with Gasteiger partial charge in [0, 0.05) is 16.2 Å². The third-order valence-electron chi connectivity index (χ3n) is 3.36. The van der Waals surface area contributed by atoms with Crippen LogP contribution in [-0.2, 0) is 27.2 Å². The molecule has 0 saturated heterocycles. The first-order valence-corrected chi connectivity index (χ1v) is 7.95. The Labute approximate surface area is 157 Å². The Bertz CT molecular complexity index is 784. The molecular formula is C19H30O5.